The Morgan fingerprint density at radius 1 is 1.16 bits per heavy atom. The van der Waals surface area contributed by atoms with E-state index in [1.54, 1.807) is 18.2 Å². The first kappa shape index (κ1) is 26.0. The number of carbonyl (C=O) groups is 2. The Hall–Kier alpha value is -4.09. The van der Waals surface area contributed by atoms with Crippen molar-refractivity contribution in [2.75, 3.05) is 12.4 Å². The summed E-state index contributed by atoms with van der Waals surface area (Å²) in [5.74, 6) is -3.04. The van der Waals surface area contributed by atoms with Crippen LogP contribution in [-0.4, -0.2) is 28.5 Å². The minimum absolute atomic E-state index is 0.0167. The van der Waals surface area contributed by atoms with Gasteiger partial charge >= 0.3 is 0 Å². The monoisotopic (exact) mass is 544 g/mol. The van der Waals surface area contributed by atoms with E-state index in [1.807, 2.05) is 0 Å². The molecule has 0 aliphatic heterocycles. The van der Waals surface area contributed by atoms with Gasteiger partial charge in [-0.3, -0.25) is 23.9 Å². The smallest absolute Gasteiger partial charge is 0.261 e. The number of aromatic nitrogens is 2. The molecule has 0 aliphatic rings. The third kappa shape index (κ3) is 5.68. The maximum Gasteiger partial charge on any atom is 0.261 e. The van der Waals surface area contributed by atoms with Gasteiger partial charge in [-0.15, -0.1) is 11.3 Å². The summed E-state index contributed by atoms with van der Waals surface area (Å²) < 4.78 is 35.1. The predicted octanol–water partition coefficient (Wildman–Crippen LogP) is 4.43. The zero-order valence-electron chi connectivity index (χ0n) is 19.2. The highest BCUT2D eigenvalue weighted by molar-refractivity contribution is 7.18. The standard InChI is InChI=1S/C25H19ClF2N4O4S/c1-36-20-12-32(22(33)10-16(20)15-8-13(26)5-6-17(15)27)19(9-14-4-2-3-7-30-14)25(35)31-21-11-18(28)23(37-21)24(29)34/h2-8,10-12,19H,9H2,1H3,(H2,29,34)(H,31,35). The second-order valence-electron chi connectivity index (χ2n) is 7.81. The van der Waals surface area contributed by atoms with Gasteiger partial charge in [0.05, 0.1) is 18.3 Å². The van der Waals surface area contributed by atoms with Gasteiger partial charge in [-0.25, -0.2) is 8.78 Å². The molecule has 1 unspecified atom stereocenters. The van der Waals surface area contributed by atoms with E-state index in [-0.39, 0.29) is 38.2 Å². The number of methoxy groups -OCH3 is 1. The molecule has 4 rings (SSSR count). The van der Waals surface area contributed by atoms with Gasteiger partial charge in [-0.2, -0.15) is 0 Å². The summed E-state index contributed by atoms with van der Waals surface area (Å²) in [6.45, 7) is 0. The second kappa shape index (κ2) is 10.9. The molecule has 0 aliphatic carbocycles. The zero-order valence-corrected chi connectivity index (χ0v) is 20.8. The van der Waals surface area contributed by atoms with E-state index in [1.165, 1.54) is 37.7 Å². The molecule has 190 valence electrons. The number of benzene rings is 1. The number of ether oxygens (including phenoxy) is 1. The van der Waals surface area contributed by atoms with Crippen molar-refractivity contribution in [1.82, 2.24) is 9.55 Å². The highest BCUT2D eigenvalue weighted by Crippen LogP contribution is 2.33. The number of anilines is 1. The van der Waals surface area contributed by atoms with Crippen molar-refractivity contribution in [3.8, 4) is 16.9 Å². The molecule has 0 saturated carbocycles. The molecule has 0 radical (unpaired) electrons. The summed E-state index contributed by atoms with van der Waals surface area (Å²) >= 11 is 6.69. The number of primary amides is 1. The van der Waals surface area contributed by atoms with Crippen LogP contribution in [0.15, 0.2) is 65.7 Å². The summed E-state index contributed by atoms with van der Waals surface area (Å²) in [7, 11) is 1.34. The SMILES string of the molecule is COc1cn(C(Cc2ccccn2)C(=O)Nc2cc(F)c(C(N)=O)s2)c(=O)cc1-c1cc(Cl)ccc1F. The largest absolute Gasteiger partial charge is 0.495 e. The van der Waals surface area contributed by atoms with Gasteiger partial charge in [0.15, 0.2) is 0 Å². The number of pyridine rings is 2. The maximum atomic E-state index is 14.6. The van der Waals surface area contributed by atoms with E-state index in [0.717, 1.165) is 16.7 Å². The van der Waals surface area contributed by atoms with Gasteiger partial charge in [0.2, 0.25) is 5.91 Å². The Morgan fingerprint density at radius 3 is 2.59 bits per heavy atom. The van der Waals surface area contributed by atoms with Gasteiger partial charge in [-0.05, 0) is 30.3 Å². The van der Waals surface area contributed by atoms with E-state index in [9.17, 15) is 23.2 Å². The van der Waals surface area contributed by atoms with Crippen molar-refractivity contribution in [1.29, 1.82) is 0 Å². The molecule has 2 amide bonds. The van der Waals surface area contributed by atoms with Crippen LogP contribution in [0.3, 0.4) is 0 Å². The van der Waals surface area contributed by atoms with Crippen LogP contribution < -0.4 is 21.3 Å². The number of rotatable bonds is 8. The number of nitrogens with one attached hydrogen (secondary N) is 1. The fraction of sp³-hybridized carbons (Fsp3) is 0.120. The molecule has 4 aromatic rings. The number of halogens is 3. The average molecular weight is 545 g/mol. The van der Waals surface area contributed by atoms with Crippen LogP contribution in [0.4, 0.5) is 13.8 Å². The molecule has 8 nitrogen and oxygen atoms in total. The van der Waals surface area contributed by atoms with Crippen LogP contribution in [0.2, 0.25) is 5.02 Å². The van der Waals surface area contributed by atoms with E-state index >= 15 is 0 Å². The van der Waals surface area contributed by atoms with Crippen molar-refractivity contribution in [3.05, 3.63) is 98.5 Å². The maximum absolute atomic E-state index is 14.6. The summed E-state index contributed by atoms with van der Waals surface area (Å²) in [5.41, 5.74) is 5.21. The number of carbonyl (C=O) groups excluding carboxylic acids is 2. The van der Waals surface area contributed by atoms with Crippen LogP contribution in [0, 0.1) is 11.6 Å². The molecule has 1 atom stereocenters. The summed E-state index contributed by atoms with van der Waals surface area (Å²) in [6.07, 6.45) is 2.80. The molecule has 3 N–H and O–H groups in total. The summed E-state index contributed by atoms with van der Waals surface area (Å²) in [4.78, 5) is 41.9. The summed E-state index contributed by atoms with van der Waals surface area (Å²) in [5, 5.41) is 2.82. The third-order valence-electron chi connectivity index (χ3n) is 5.41. The van der Waals surface area contributed by atoms with Gasteiger partial charge in [0.25, 0.3) is 11.5 Å². The van der Waals surface area contributed by atoms with Crippen molar-refractivity contribution in [2.24, 2.45) is 5.73 Å². The lowest BCUT2D eigenvalue weighted by Crippen LogP contribution is -2.34. The minimum Gasteiger partial charge on any atom is -0.495 e. The van der Waals surface area contributed by atoms with E-state index < -0.39 is 35.0 Å². The third-order valence-corrected chi connectivity index (χ3v) is 6.68. The zero-order chi connectivity index (χ0) is 26.7. The van der Waals surface area contributed by atoms with Crippen molar-refractivity contribution < 1.29 is 23.1 Å². The average Bonchev–Trinajstić information content (AvgIpc) is 3.24. The van der Waals surface area contributed by atoms with E-state index in [0.29, 0.717) is 17.0 Å². The number of nitrogens with two attached hydrogens (primary N) is 1. The quantitative estimate of drug-likeness (QED) is 0.340. The molecular weight excluding hydrogens is 526 g/mol. The van der Waals surface area contributed by atoms with E-state index in [4.69, 9.17) is 22.1 Å². The second-order valence-corrected chi connectivity index (χ2v) is 9.30. The van der Waals surface area contributed by atoms with Crippen LogP contribution in [-0.2, 0) is 11.2 Å². The number of amides is 2. The van der Waals surface area contributed by atoms with Gasteiger partial charge in [0.1, 0.15) is 28.3 Å². The Kier molecular flexibility index (Phi) is 7.65. The molecule has 0 bridgehead atoms. The topological polar surface area (TPSA) is 116 Å². The molecule has 3 heterocycles. The predicted molar refractivity (Wildman–Crippen MR) is 136 cm³/mol. The normalized spacial score (nSPS) is 11.7. The van der Waals surface area contributed by atoms with Crippen LogP contribution in [0.5, 0.6) is 5.75 Å². The Labute approximate surface area is 218 Å². The molecule has 37 heavy (non-hydrogen) atoms. The lowest BCUT2D eigenvalue weighted by Gasteiger charge is -2.21. The van der Waals surface area contributed by atoms with Gasteiger partial charge < -0.3 is 15.8 Å². The Morgan fingerprint density at radius 2 is 1.95 bits per heavy atom. The number of hydrogen-bond donors (Lipinski definition) is 2. The van der Waals surface area contributed by atoms with Crippen LogP contribution >= 0.6 is 22.9 Å². The van der Waals surface area contributed by atoms with Crippen LogP contribution in [0.1, 0.15) is 21.4 Å². The first-order chi connectivity index (χ1) is 17.7. The van der Waals surface area contributed by atoms with Crippen molar-refractivity contribution >= 4 is 39.8 Å². The molecule has 0 fully saturated rings. The lowest BCUT2D eigenvalue weighted by molar-refractivity contribution is -0.119. The fourth-order valence-corrected chi connectivity index (χ4v) is 4.65. The Balaban J connectivity index is 1.78. The molecule has 0 saturated heterocycles. The highest BCUT2D eigenvalue weighted by atomic mass is 35.5. The van der Waals surface area contributed by atoms with Crippen molar-refractivity contribution in [3.63, 3.8) is 0 Å². The number of thiophene rings is 1. The van der Waals surface area contributed by atoms with Crippen LogP contribution in [0.25, 0.3) is 11.1 Å². The number of hydrogen-bond acceptors (Lipinski definition) is 6. The van der Waals surface area contributed by atoms with E-state index in [2.05, 4.69) is 10.3 Å². The first-order valence-corrected chi connectivity index (χ1v) is 11.9. The molecule has 0 spiro atoms. The highest BCUT2D eigenvalue weighted by Gasteiger charge is 2.26. The molecule has 3 aromatic heterocycles. The molecule has 12 heteroatoms. The molecule has 1 aromatic carbocycles. The van der Waals surface area contributed by atoms with Crippen molar-refractivity contribution in [2.45, 2.75) is 12.5 Å². The minimum atomic E-state index is -1.17. The first-order valence-electron chi connectivity index (χ1n) is 10.7. The lowest BCUT2D eigenvalue weighted by atomic mass is 10.0. The number of nitrogens with zero attached hydrogens (tertiary/aromatic N) is 2. The summed E-state index contributed by atoms with van der Waals surface area (Å²) in [6, 6.07) is 9.93. The Bertz CT molecular complexity index is 1540. The van der Waals surface area contributed by atoms with Gasteiger partial charge in [-0.1, -0.05) is 17.7 Å². The van der Waals surface area contributed by atoms with Gasteiger partial charge in [0, 0.05) is 46.6 Å². The molecular formula is C25H19ClF2N4O4S. The fourth-order valence-electron chi connectivity index (χ4n) is 3.69.